The largest absolute Gasteiger partial charge is 0.501 e. The number of phenolic OH excluding ortho intramolecular Hbond substituents is 1. The Labute approximate surface area is 71.3 Å². The van der Waals surface area contributed by atoms with E-state index in [-0.39, 0.29) is 5.02 Å². The van der Waals surface area contributed by atoms with Gasteiger partial charge in [0.15, 0.2) is 0 Å². The molecule has 1 rings (SSSR count). The molecule has 6 heteroatoms. The van der Waals surface area contributed by atoms with E-state index >= 15 is 0 Å². The predicted octanol–water partition coefficient (Wildman–Crippen LogP) is 2.09. The molecule has 0 bridgehead atoms. The Morgan fingerprint density at radius 2 is 2.17 bits per heavy atom. The lowest BCUT2D eigenvalue weighted by Crippen LogP contribution is -1.92. The topological polar surface area (TPSA) is 63.4 Å². The lowest BCUT2D eigenvalue weighted by molar-refractivity contribution is -0.388. The molecule has 0 atom stereocenters. The summed E-state index contributed by atoms with van der Waals surface area (Å²) in [5.41, 5.74) is -0.998. The standard InChI is InChI=1S/C6H3ClFNO3/c7-3-1-2-4(8)5(6(3)10)9(11)12/h1-2,10H. The van der Waals surface area contributed by atoms with Gasteiger partial charge in [-0.15, -0.1) is 0 Å². The summed E-state index contributed by atoms with van der Waals surface area (Å²) in [5, 5.41) is 18.8. The Kier molecular flexibility index (Phi) is 2.14. The first kappa shape index (κ1) is 8.73. The first-order valence-corrected chi connectivity index (χ1v) is 3.23. The molecule has 0 aliphatic heterocycles. The summed E-state index contributed by atoms with van der Waals surface area (Å²) in [4.78, 5) is 9.11. The number of halogens is 2. The quantitative estimate of drug-likeness (QED) is 0.546. The number of nitro benzene ring substituents is 1. The van der Waals surface area contributed by atoms with Crippen LogP contribution in [0.2, 0.25) is 5.02 Å². The molecule has 0 amide bonds. The number of aromatic hydroxyl groups is 1. The molecule has 0 saturated carbocycles. The zero-order valence-corrected chi connectivity index (χ0v) is 6.38. The number of hydrogen-bond acceptors (Lipinski definition) is 3. The number of phenols is 1. The van der Waals surface area contributed by atoms with E-state index in [2.05, 4.69) is 0 Å². The maximum atomic E-state index is 12.6. The molecule has 0 heterocycles. The van der Waals surface area contributed by atoms with Gasteiger partial charge in [-0.1, -0.05) is 11.6 Å². The molecule has 0 aliphatic carbocycles. The molecule has 0 radical (unpaired) electrons. The number of benzene rings is 1. The molecule has 0 unspecified atom stereocenters. The highest BCUT2D eigenvalue weighted by atomic mass is 35.5. The SMILES string of the molecule is O=[N+]([O-])c1c(F)ccc(Cl)c1O. The summed E-state index contributed by atoms with van der Waals surface area (Å²) in [6.45, 7) is 0. The van der Waals surface area contributed by atoms with Gasteiger partial charge in [0.1, 0.15) is 0 Å². The summed E-state index contributed by atoms with van der Waals surface area (Å²) >= 11 is 5.31. The molecular weight excluding hydrogens is 189 g/mol. The van der Waals surface area contributed by atoms with Crippen LogP contribution in [0, 0.1) is 15.9 Å². The van der Waals surface area contributed by atoms with Crippen LogP contribution in [0.15, 0.2) is 12.1 Å². The fourth-order valence-electron chi connectivity index (χ4n) is 0.704. The molecule has 1 N–H and O–H groups in total. The van der Waals surface area contributed by atoms with Gasteiger partial charge in [0, 0.05) is 0 Å². The minimum atomic E-state index is -1.11. The Balaban J connectivity index is 3.43. The monoisotopic (exact) mass is 191 g/mol. The van der Waals surface area contributed by atoms with Crippen molar-refractivity contribution in [2.24, 2.45) is 0 Å². The van der Waals surface area contributed by atoms with Gasteiger partial charge in [0.05, 0.1) is 9.95 Å². The zero-order chi connectivity index (χ0) is 9.30. The number of nitro groups is 1. The van der Waals surface area contributed by atoms with Crippen LogP contribution in [0.1, 0.15) is 0 Å². The molecule has 0 spiro atoms. The van der Waals surface area contributed by atoms with E-state index in [9.17, 15) is 14.5 Å². The fraction of sp³-hybridized carbons (Fsp3) is 0. The normalized spacial score (nSPS) is 9.83. The van der Waals surface area contributed by atoms with Crippen LogP contribution in [0.25, 0.3) is 0 Å². The average molecular weight is 192 g/mol. The van der Waals surface area contributed by atoms with Gasteiger partial charge in [-0.25, -0.2) is 0 Å². The second-order valence-corrected chi connectivity index (χ2v) is 2.39. The van der Waals surface area contributed by atoms with Crippen LogP contribution < -0.4 is 0 Å². The molecule has 1 aromatic rings. The van der Waals surface area contributed by atoms with Crippen LogP contribution in [-0.2, 0) is 0 Å². The van der Waals surface area contributed by atoms with Gasteiger partial charge >= 0.3 is 5.69 Å². The van der Waals surface area contributed by atoms with Gasteiger partial charge in [0.2, 0.25) is 11.6 Å². The second-order valence-electron chi connectivity index (χ2n) is 1.98. The molecular formula is C6H3ClFNO3. The lowest BCUT2D eigenvalue weighted by Gasteiger charge is -1.97. The van der Waals surface area contributed by atoms with Crippen LogP contribution in [0.5, 0.6) is 5.75 Å². The van der Waals surface area contributed by atoms with Crippen molar-refractivity contribution in [1.29, 1.82) is 0 Å². The molecule has 4 nitrogen and oxygen atoms in total. The summed E-state index contributed by atoms with van der Waals surface area (Å²) in [7, 11) is 0. The van der Waals surface area contributed by atoms with Crippen molar-refractivity contribution in [1.82, 2.24) is 0 Å². The van der Waals surface area contributed by atoms with Gasteiger partial charge in [-0.2, -0.15) is 4.39 Å². The Bertz CT molecular complexity index is 342. The van der Waals surface area contributed by atoms with Crippen molar-refractivity contribution >= 4 is 17.3 Å². The third kappa shape index (κ3) is 1.31. The Morgan fingerprint density at radius 1 is 1.58 bits per heavy atom. The number of hydrogen-bond donors (Lipinski definition) is 1. The van der Waals surface area contributed by atoms with Crippen LogP contribution in [0.3, 0.4) is 0 Å². The second kappa shape index (κ2) is 2.94. The van der Waals surface area contributed by atoms with Crippen LogP contribution in [0.4, 0.5) is 10.1 Å². The van der Waals surface area contributed by atoms with Crippen molar-refractivity contribution in [3.63, 3.8) is 0 Å². The minimum Gasteiger partial charge on any atom is -0.501 e. The molecule has 12 heavy (non-hydrogen) atoms. The van der Waals surface area contributed by atoms with E-state index in [4.69, 9.17) is 16.7 Å². The molecule has 0 aromatic heterocycles. The highest BCUT2D eigenvalue weighted by Crippen LogP contribution is 2.35. The van der Waals surface area contributed by atoms with Crippen molar-refractivity contribution < 1.29 is 14.4 Å². The summed E-state index contributed by atoms with van der Waals surface area (Å²) in [5.74, 6) is -1.96. The van der Waals surface area contributed by atoms with Gasteiger partial charge in [-0.05, 0) is 12.1 Å². The van der Waals surface area contributed by atoms with Crippen LogP contribution in [-0.4, -0.2) is 10.0 Å². The third-order valence-electron chi connectivity index (χ3n) is 1.24. The van der Waals surface area contributed by atoms with Crippen molar-refractivity contribution in [2.45, 2.75) is 0 Å². The first-order chi connectivity index (χ1) is 5.54. The van der Waals surface area contributed by atoms with E-state index in [1.54, 1.807) is 0 Å². The summed E-state index contributed by atoms with van der Waals surface area (Å²) in [6, 6.07) is 1.86. The van der Waals surface area contributed by atoms with E-state index in [1.165, 1.54) is 0 Å². The molecule has 0 aliphatic rings. The summed E-state index contributed by atoms with van der Waals surface area (Å²) < 4.78 is 12.6. The third-order valence-corrected chi connectivity index (χ3v) is 1.54. The van der Waals surface area contributed by atoms with Crippen LogP contribution >= 0.6 is 11.6 Å². The van der Waals surface area contributed by atoms with Crippen molar-refractivity contribution in [2.75, 3.05) is 0 Å². The Hall–Kier alpha value is -1.36. The van der Waals surface area contributed by atoms with Crippen molar-refractivity contribution in [3.8, 4) is 5.75 Å². The predicted molar refractivity (Wildman–Crippen MR) is 39.7 cm³/mol. The van der Waals surface area contributed by atoms with Gasteiger partial charge < -0.3 is 5.11 Å². The molecule has 64 valence electrons. The lowest BCUT2D eigenvalue weighted by atomic mass is 10.3. The van der Waals surface area contributed by atoms with E-state index in [0.29, 0.717) is 0 Å². The fourth-order valence-corrected chi connectivity index (χ4v) is 0.857. The molecule has 1 aromatic carbocycles. The molecule has 0 saturated heterocycles. The smallest absolute Gasteiger partial charge is 0.347 e. The van der Waals surface area contributed by atoms with Gasteiger partial charge in [-0.3, -0.25) is 10.1 Å². The zero-order valence-electron chi connectivity index (χ0n) is 5.62. The van der Waals surface area contributed by atoms with E-state index in [0.717, 1.165) is 12.1 Å². The van der Waals surface area contributed by atoms with Crippen molar-refractivity contribution in [3.05, 3.63) is 33.1 Å². The minimum absolute atomic E-state index is 0.247. The highest BCUT2D eigenvalue weighted by Gasteiger charge is 2.22. The van der Waals surface area contributed by atoms with Gasteiger partial charge in [0.25, 0.3) is 0 Å². The number of rotatable bonds is 1. The average Bonchev–Trinajstić information content (AvgIpc) is 1.97. The maximum absolute atomic E-state index is 12.6. The van der Waals surface area contributed by atoms with E-state index < -0.39 is 22.2 Å². The maximum Gasteiger partial charge on any atom is 0.347 e. The first-order valence-electron chi connectivity index (χ1n) is 2.85. The number of nitrogens with zero attached hydrogens (tertiary/aromatic N) is 1. The van der Waals surface area contributed by atoms with E-state index in [1.807, 2.05) is 0 Å². The highest BCUT2D eigenvalue weighted by molar-refractivity contribution is 6.32. The summed E-state index contributed by atoms with van der Waals surface area (Å²) in [6.07, 6.45) is 0. The Morgan fingerprint density at radius 3 is 2.58 bits per heavy atom. The molecule has 0 fully saturated rings.